The highest BCUT2D eigenvalue weighted by molar-refractivity contribution is 7.80. The number of thiocarbonyl (C=S) groups is 1. The number of carboxylic acid groups (broad SMARTS) is 2. The highest BCUT2D eigenvalue weighted by Gasteiger charge is 2.41. The number of likely N-dealkylation sites (N-methyl/N-ethyl adjacent to an activating group) is 1. The van der Waals surface area contributed by atoms with Gasteiger partial charge >= 0.3 is 11.9 Å². The van der Waals surface area contributed by atoms with E-state index in [0.29, 0.717) is 28.7 Å². The van der Waals surface area contributed by atoms with Gasteiger partial charge in [-0.1, -0.05) is 6.07 Å². The van der Waals surface area contributed by atoms with Crippen LogP contribution in [0.5, 0.6) is 0 Å². The Morgan fingerprint density at radius 2 is 1.82 bits per heavy atom. The Morgan fingerprint density at radius 1 is 1.12 bits per heavy atom. The number of hydrogen-bond donors (Lipinski definition) is 3. The van der Waals surface area contributed by atoms with Gasteiger partial charge in [0.25, 0.3) is 0 Å². The van der Waals surface area contributed by atoms with Crippen LogP contribution < -0.4 is 5.32 Å². The molecule has 3 aromatic rings. The molecular weight excluding hydrogens is 456 g/mol. The van der Waals surface area contributed by atoms with Gasteiger partial charge in [0, 0.05) is 24.8 Å². The number of hydrogen-bond acceptors (Lipinski definition) is 6. The smallest absolute Gasteiger partial charge is 0.335 e. The minimum atomic E-state index is -1.22. The molecule has 1 aliphatic rings. The molecule has 2 aromatic heterocycles. The van der Waals surface area contributed by atoms with E-state index in [4.69, 9.17) is 16.6 Å². The number of pyridine rings is 1. The van der Waals surface area contributed by atoms with Crippen molar-refractivity contribution in [1.29, 1.82) is 0 Å². The summed E-state index contributed by atoms with van der Waals surface area (Å²) in [6, 6.07) is 12.6. The normalized spacial score (nSPS) is 17.7. The lowest BCUT2D eigenvalue weighted by Gasteiger charge is -2.27. The quantitative estimate of drug-likeness (QED) is 0.415. The molecule has 4 rings (SSSR count). The second-order valence-electron chi connectivity index (χ2n) is 8.23. The molecule has 1 fully saturated rings. The molecule has 0 spiro atoms. The Morgan fingerprint density at radius 3 is 2.41 bits per heavy atom. The monoisotopic (exact) mass is 480 g/mol. The lowest BCUT2D eigenvalue weighted by atomic mass is 10.0. The average Bonchev–Trinajstić information content (AvgIpc) is 3.42. The third-order valence-electron chi connectivity index (χ3n) is 5.62. The molecule has 0 saturated carbocycles. The second-order valence-corrected chi connectivity index (χ2v) is 8.62. The van der Waals surface area contributed by atoms with Gasteiger partial charge in [0.05, 0.1) is 22.9 Å². The highest BCUT2D eigenvalue weighted by Crippen LogP contribution is 2.40. The summed E-state index contributed by atoms with van der Waals surface area (Å²) in [4.78, 5) is 31.6. The Hall–Kier alpha value is -3.76. The van der Waals surface area contributed by atoms with Crippen molar-refractivity contribution in [1.82, 2.24) is 20.1 Å². The standard InChI is InChI=1S/C24H24N4O5S/c1-27(2)9-10-28-21(20(26-24(28)34)17-5-3-4-8-25-17)19-7-6-18(33-19)14-11-15(22(29)30)13-16(12-14)23(31)32/h3-8,11-13,20-21H,9-10H2,1-2H3,(H,26,34)(H,29,30)(H,31,32). The van der Waals surface area contributed by atoms with Crippen LogP contribution in [0.15, 0.2) is 59.1 Å². The Bertz CT molecular complexity index is 1190. The van der Waals surface area contributed by atoms with Crippen LogP contribution in [0.2, 0.25) is 0 Å². The zero-order valence-electron chi connectivity index (χ0n) is 18.6. The van der Waals surface area contributed by atoms with E-state index in [9.17, 15) is 19.8 Å². The third kappa shape index (κ3) is 4.78. The summed E-state index contributed by atoms with van der Waals surface area (Å²) in [5.41, 5.74) is 0.915. The molecule has 9 nitrogen and oxygen atoms in total. The van der Waals surface area contributed by atoms with Gasteiger partial charge in [0.1, 0.15) is 17.6 Å². The molecule has 34 heavy (non-hydrogen) atoms. The number of nitrogens with one attached hydrogen (secondary N) is 1. The van der Waals surface area contributed by atoms with Gasteiger partial charge in [-0.05, 0) is 68.8 Å². The van der Waals surface area contributed by atoms with Crippen molar-refractivity contribution < 1.29 is 24.2 Å². The van der Waals surface area contributed by atoms with E-state index in [1.165, 1.54) is 12.1 Å². The number of carbonyl (C=O) groups is 2. The molecular formula is C24H24N4O5S. The molecule has 3 N–H and O–H groups in total. The number of aromatic carboxylic acids is 2. The van der Waals surface area contributed by atoms with E-state index in [-0.39, 0.29) is 23.2 Å². The lowest BCUT2D eigenvalue weighted by molar-refractivity contribution is 0.0696. The molecule has 1 aliphatic heterocycles. The van der Waals surface area contributed by atoms with Crippen LogP contribution in [0.25, 0.3) is 11.3 Å². The van der Waals surface area contributed by atoms with E-state index >= 15 is 0 Å². The van der Waals surface area contributed by atoms with Crippen molar-refractivity contribution in [2.75, 3.05) is 27.2 Å². The number of furan rings is 1. The molecule has 2 unspecified atom stereocenters. The van der Waals surface area contributed by atoms with Crippen LogP contribution in [0.1, 0.15) is 44.3 Å². The maximum atomic E-state index is 11.5. The molecule has 0 radical (unpaired) electrons. The molecule has 0 bridgehead atoms. The van der Waals surface area contributed by atoms with Crippen molar-refractivity contribution in [2.24, 2.45) is 0 Å². The zero-order chi connectivity index (χ0) is 24.4. The first kappa shape index (κ1) is 23.4. The van der Waals surface area contributed by atoms with Gasteiger partial charge in [-0.25, -0.2) is 9.59 Å². The van der Waals surface area contributed by atoms with Crippen LogP contribution in [-0.2, 0) is 0 Å². The average molecular weight is 481 g/mol. The van der Waals surface area contributed by atoms with Crippen molar-refractivity contribution in [3.8, 4) is 11.3 Å². The minimum absolute atomic E-state index is 0.129. The Labute approximate surface area is 201 Å². The summed E-state index contributed by atoms with van der Waals surface area (Å²) in [6.45, 7) is 1.42. The summed E-state index contributed by atoms with van der Waals surface area (Å²) in [7, 11) is 3.97. The van der Waals surface area contributed by atoms with E-state index < -0.39 is 11.9 Å². The molecule has 176 valence electrons. The number of benzene rings is 1. The van der Waals surface area contributed by atoms with E-state index in [0.717, 1.165) is 18.3 Å². The number of carboxylic acids is 2. The SMILES string of the molecule is CN(C)CCN1C(=S)NC(c2ccccn2)C1c1ccc(-c2cc(C(=O)O)cc(C(=O)O)c2)o1. The van der Waals surface area contributed by atoms with Crippen molar-refractivity contribution in [3.63, 3.8) is 0 Å². The fraction of sp³-hybridized carbons (Fsp3) is 0.250. The maximum absolute atomic E-state index is 11.5. The third-order valence-corrected chi connectivity index (χ3v) is 5.97. The largest absolute Gasteiger partial charge is 0.478 e. The first-order chi connectivity index (χ1) is 16.2. The molecule has 0 aliphatic carbocycles. The summed E-state index contributed by atoms with van der Waals surface area (Å²) in [5.74, 6) is -1.46. The van der Waals surface area contributed by atoms with Crippen molar-refractivity contribution in [2.45, 2.75) is 12.1 Å². The molecule has 3 heterocycles. The number of nitrogens with zero attached hydrogens (tertiary/aromatic N) is 3. The first-order valence-corrected chi connectivity index (χ1v) is 11.0. The summed E-state index contributed by atoms with van der Waals surface area (Å²) < 4.78 is 6.19. The van der Waals surface area contributed by atoms with Gasteiger partial charge in [0.2, 0.25) is 0 Å². The topological polar surface area (TPSA) is 119 Å². The second kappa shape index (κ2) is 9.62. The predicted molar refractivity (Wildman–Crippen MR) is 129 cm³/mol. The Balaban J connectivity index is 1.75. The first-order valence-electron chi connectivity index (χ1n) is 10.6. The van der Waals surface area contributed by atoms with Gasteiger partial charge < -0.3 is 29.7 Å². The maximum Gasteiger partial charge on any atom is 0.335 e. The van der Waals surface area contributed by atoms with Gasteiger partial charge in [-0.15, -0.1) is 0 Å². The lowest BCUT2D eigenvalue weighted by Crippen LogP contribution is -2.35. The van der Waals surface area contributed by atoms with Crippen LogP contribution in [0.4, 0.5) is 0 Å². The summed E-state index contributed by atoms with van der Waals surface area (Å²) in [6.07, 6.45) is 1.72. The van der Waals surface area contributed by atoms with Gasteiger partial charge in [0.15, 0.2) is 5.11 Å². The number of rotatable bonds is 8. The molecule has 0 amide bonds. The van der Waals surface area contributed by atoms with E-state index in [1.54, 1.807) is 12.3 Å². The van der Waals surface area contributed by atoms with Gasteiger partial charge in [-0.2, -0.15) is 0 Å². The summed E-state index contributed by atoms with van der Waals surface area (Å²) >= 11 is 5.63. The van der Waals surface area contributed by atoms with Crippen molar-refractivity contribution in [3.05, 3.63) is 77.3 Å². The predicted octanol–water partition coefficient (Wildman–Crippen LogP) is 3.27. The minimum Gasteiger partial charge on any atom is -0.478 e. The summed E-state index contributed by atoms with van der Waals surface area (Å²) in [5, 5.41) is 22.7. The van der Waals surface area contributed by atoms with Crippen LogP contribution in [0, 0.1) is 0 Å². The van der Waals surface area contributed by atoms with Gasteiger partial charge in [-0.3, -0.25) is 4.98 Å². The van der Waals surface area contributed by atoms with Crippen LogP contribution in [-0.4, -0.2) is 69.2 Å². The molecule has 1 aromatic carbocycles. The fourth-order valence-electron chi connectivity index (χ4n) is 3.95. The molecule has 2 atom stereocenters. The molecule has 10 heteroatoms. The Kier molecular flexibility index (Phi) is 6.62. The molecule has 1 saturated heterocycles. The van der Waals surface area contributed by atoms with Crippen LogP contribution in [0.3, 0.4) is 0 Å². The van der Waals surface area contributed by atoms with Crippen molar-refractivity contribution >= 4 is 29.3 Å². The fourth-order valence-corrected chi connectivity index (χ4v) is 4.28. The zero-order valence-corrected chi connectivity index (χ0v) is 19.5. The highest BCUT2D eigenvalue weighted by atomic mass is 32.1. The van der Waals surface area contributed by atoms with Crippen LogP contribution >= 0.6 is 12.2 Å². The van der Waals surface area contributed by atoms with E-state index in [2.05, 4.69) is 15.2 Å². The van der Waals surface area contributed by atoms with E-state index in [1.807, 2.05) is 43.3 Å². The number of aromatic nitrogens is 1.